The summed E-state index contributed by atoms with van der Waals surface area (Å²) in [5, 5.41) is 14.5. The van der Waals surface area contributed by atoms with Gasteiger partial charge in [-0.25, -0.2) is 4.99 Å². The Kier molecular flexibility index (Phi) is 6.40. The molecule has 1 N–H and O–H groups in total. The summed E-state index contributed by atoms with van der Waals surface area (Å²) in [4.78, 5) is 28.2. The molecule has 0 aliphatic carbocycles. The quantitative estimate of drug-likeness (QED) is 0.271. The number of amides is 1. The third-order valence-corrected chi connectivity index (χ3v) is 6.58. The van der Waals surface area contributed by atoms with Crippen LogP contribution in [-0.2, 0) is 11.2 Å². The molecule has 1 amide bonds. The van der Waals surface area contributed by atoms with Crippen molar-refractivity contribution in [2.45, 2.75) is 27.2 Å². The molecule has 2 heterocycles. The van der Waals surface area contributed by atoms with E-state index in [2.05, 4.69) is 17.2 Å². The largest absolute Gasteiger partial charge is 0.318 e. The number of nitrogens with one attached hydrogen (secondary N) is 1. The van der Waals surface area contributed by atoms with Crippen LogP contribution >= 0.6 is 23.4 Å². The molecule has 1 aromatic heterocycles. The van der Waals surface area contributed by atoms with E-state index in [1.807, 2.05) is 54.8 Å². The van der Waals surface area contributed by atoms with Crippen molar-refractivity contribution in [1.29, 1.82) is 0 Å². The van der Waals surface area contributed by atoms with Crippen molar-refractivity contribution in [3.63, 3.8) is 0 Å². The van der Waals surface area contributed by atoms with Crippen LogP contribution in [0.3, 0.4) is 0 Å². The van der Waals surface area contributed by atoms with Gasteiger partial charge in [-0.2, -0.15) is 0 Å². The maximum Gasteiger partial charge on any atom is 0.288 e. The number of halogens is 1. The standard InChI is InChI=1S/C24H21ClN4O3S/c1-4-16-5-7-18(8-6-16)26-24-27-23(30)22(33-24)12-17-11-14(2)28(15(17)3)19-9-10-21(29(31)32)20(25)13-19/h5-13H,4H2,1-3H3,(H,26,27,30)/b22-12-. The van der Waals surface area contributed by atoms with Crippen molar-refractivity contribution in [2.24, 2.45) is 4.99 Å². The van der Waals surface area contributed by atoms with Crippen molar-refractivity contribution < 1.29 is 9.72 Å². The number of nitrogens with zero attached hydrogens (tertiary/aromatic N) is 3. The number of nitro groups is 1. The van der Waals surface area contributed by atoms with Gasteiger partial charge in [0, 0.05) is 23.1 Å². The molecule has 0 spiro atoms. The number of amidine groups is 1. The number of benzene rings is 2. The number of carbonyl (C=O) groups excluding carboxylic acids is 1. The Morgan fingerprint density at radius 2 is 1.91 bits per heavy atom. The van der Waals surface area contributed by atoms with Gasteiger partial charge in [0.2, 0.25) is 0 Å². The number of hydrogen-bond donors (Lipinski definition) is 1. The number of thioether (sulfide) groups is 1. The van der Waals surface area contributed by atoms with Gasteiger partial charge >= 0.3 is 0 Å². The van der Waals surface area contributed by atoms with Crippen LogP contribution in [0, 0.1) is 24.0 Å². The topological polar surface area (TPSA) is 89.5 Å². The highest BCUT2D eigenvalue weighted by molar-refractivity contribution is 8.18. The minimum atomic E-state index is -0.509. The molecule has 1 aliphatic rings. The van der Waals surface area contributed by atoms with Crippen LogP contribution in [0.4, 0.5) is 11.4 Å². The lowest BCUT2D eigenvalue weighted by Crippen LogP contribution is -2.19. The fourth-order valence-corrected chi connectivity index (χ4v) is 4.74. The summed E-state index contributed by atoms with van der Waals surface area (Å²) >= 11 is 7.40. The van der Waals surface area contributed by atoms with Crippen LogP contribution in [0.2, 0.25) is 5.02 Å². The third kappa shape index (κ3) is 4.72. The van der Waals surface area contributed by atoms with E-state index < -0.39 is 4.92 Å². The number of aryl methyl sites for hydroxylation is 2. The van der Waals surface area contributed by atoms with E-state index in [1.165, 1.54) is 23.4 Å². The van der Waals surface area contributed by atoms with E-state index in [1.54, 1.807) is 12.1 Å². The van der Waals surface area contributed by atoms with Crippen LogP contribution in [0.15, 0.2) is 58.4 Å². The maximum atomic E-state index is 12.5. The lowest BCUT2D eigenvalue weighted by Gasteiger charge is -2.10. The molecule has 1 saturated heterocycles. The molecule has 7 nitrogen and oxygen atoms in total. The highest BCUT2D eigenvalue weighted by Gasteiger charge is 2.25. The second-order valence-corrected chi connectivity index (χ2v) is 8.99. The lowest BCUT2D eigenvalue weighted by atomic mass is 10.2. The zero-order valence-corrected chi connectivity index (χ0v) is 19.8. The Morgan fingerprint density at radius 3 is 2.55 bits per heavy atom. The van der Waals surface area contributed by atoms with Crippen LogP contribution in [0.25, 0.3) is 11.8 Å². The van der Waals surface area contributed by atoms with Crippen molar-refractivity contribution in [3.05, 3.63) is 91.1 Å². The summed E-state index contributed by atoms with van der Waals surface area (Å²) < 4.78 is 1.95. The van der Waals surface area contributed by atoms with Crippen molar-refractivity contribution in [2.75, 3.05) is 0 Å². The number of carbonyl (C=O) groups is 1. The average molecular weight is 481 g/mol. The summed E-state index contributed by atoms with van der Waals surface area (Å²) in [6, 6.07) is 14.5. The maximum absolute atomic E-state index is 12.5. The predicted octanol–water partition coefficient (Wildman–Crippen LogP) is 6.11. The Labute approximate surface area is 200 Å². The molecular weight excluding hydrogens is 460 g/mol. The first-order valence-corrected chi connectivity index (χ1v) is 11.5. The summed E-state index contributed by atoms with van der Waals surface area (Å²) in [5.74, 6) is -0.202. The monoisotopic (exact) mass is 480 g/mol. The van der Waals surface area contributed by atoms with E-state index in [0.29, 0.717) is 15.8 Å². The summed E-state index contributed by atoms with van der Waals surface area (Å²) in [6.45, 7) is 5.95. The first-order chi connectivity index (χ1) is 15.8. The van der Waals surface area contributed by atoms with Crippen molar-refractivity contribution in [1.82, 2.24) is 9.88 Å². The van der Waals surface area contributed by atoms with E-state index in [-0.39, 0.29) is 16.6 Å². The molecule has 33 heavy (non-hydrogen) atoms. The molecule has 0 atom stereocenters. The molecule has 4 rings (SSSR count). The highest BCUT2D eigenvalue weighted by Crippen LogP contribution is 2.32. The summed E-state index contributed by atoms with van der Waals surface area (Å²) in [6.07, 6.45) is 2.79. The normalized spacial score (nSPS) is 15.9. The molecule has 0 radical (unpaired) electrons. The number of nitro benzene ring substituents is 1. The van der Waals surface area contributed by atoms with Gasteiger partial charge in [-0.05, 0) is 79.6 Å². The zero-order chi connectivity index (χ0) is 23.7. The first kappa shape index (κ1) is 22.8. The van der Waals surface area contributed by atoms with E-state index in [4.69, 9.17) is 11.6 Å². The Balaban J connectivity index is 1.62. The lowest BCUT2D eigenvalue weighted by molar-refractivity contribution is -0.384. The van der Waals surface area contributed by atoms with Crippen molar-refractivity contribution in [3.8, 4) is 5.69 Å². The first-order valence-electron chi connectivity index (χ1n) is 10.3. The van der Waals surface area contributed by atoms with Gasteiger partial charge in [0.05, 0.1) is 15.5 Å². The average Bonchev–Trinajstić information content (AvgIpc) is 3.26. The van der Waals surface area contributed by atoms with Crippen LogP contribution < -0.4 is 5.32 Å². The number of aliphatic imine (C=N–C) groups is 1. The number of aromatic nitrogens is 1. The van der Waals surface area contributed by atoms with Crippen molar-refractivity contribution >= 4 is 51.9 Å². The minimum absolute atomic E-state index is 0.0726. The van der Waals surface area contributed by atoms with Crippen LogP contribution in [0.1, 0.15) is 29.4 Å². The predicted molar refractivity (Wildman–Crippen MR) is 134 cm³/mol. The van der Waals surface area contributed by atoms with E-state index >= 15 is 0 Å². The van der Waals surface area contributed by atoms with Crippen LogP contribution in [-0.4, -0.2) is 20.6 Å². The number of rotatable bonds is 5. The smallest absolute Gasteiger partial charge is 0.288 e. The van der Waals surface area contributed by atoms with Crippen LogP contribution in [0.5, 0.6) is 0 Å². The molecule has 0 saturated carbocycles. The Morgan fingerprint density at radius 1 is 1.18 bits per heavy atom. The van der Waals surface area contributed by atoms with Gasteiger partial charge < -0.3 is 9.88 Å². The SMILES string of the molecule is CCc1ccc(N=C2NC(=O)/C(=C/c3cc(C)n(-c4ccc([N+](=O)[O-])c(Cl)c4)c3C)S2)cc1. The molecule has 9 heteroatoms. The molecule has 0 unspecified atom stereocenters. The van der Waals surface area contributed by atoms with Gasteiger partial charge in [-0.15, -0.1) is 0 Å². The summed E-state index contributed by atoms with van der Waals surface area (Å²) in [7, 11) is 0. The molecule has 3 aromatic rings. The van der Waals surface area contributed by atoms with Gasteiger partial charge in [0.15, 0.2) is 5.17 Å². The second kappa shape index (κ2) is 9.25. The number of hydrogen-bond acceptors (Lipinski definition) is 5. The molecular formula is C24H21ClN4O3S. The fourth-order valence-electron chi connectivity index (χ4n) is 3.66. The Hall–Kier alpha value is -3.36. The molecule has 0 bridgehead atoms. The van der Waals surface area contributed by atoms with Gasteiger partial charge in [-0.3, -0.25) is 14.9 Å². The fraction of sp³-hybridized carbons (Fsp3) is 0.167. The molecule has 1 fully saturated rings. The van der Waals surface area contributed by atoms with E-state index in [0.717, 1.165) is 29.1 Å². The van der Waals surface area contributed by atoms with Gasteiger partial charge in [-0.1, -0.05) is 30.7 Å². The zero-order valence-electron chi connectivity index (χ0n) is 18.3. The highest BCUT2D eigenvalue weighted by atomic mass is 35.5. The van der Waals surface area contributed by atoms with Gasteiger partial charge in [0.25, 0.3) is 11.6 Å². The molecule has 168 valence electrons. The minimum Gasteiger partial charge on any atom is -0.318 e. The Bertz CT molecular complexity index is 1330. The third-order valence-electron chi connectivity index (χ3n) is 5.37. The summed E-state index contributed by atoms with van der Waals surface area (Å²) in [5.41, 5.74) is 5.26. The second-order valence-electron chi connectivity index (χ2n) is 7.56. The molecule has 1 aliphatic heterocycles. The molecule has 2 aromatic carbocycles. The van der Waals surface area contributed by atoms with E-state index in [9.17, 15) is 14.9 Å². The van der Waals surface area contributed by atoms with Gasteiger partial charge in [0.1, 0.15) is 5.02 Å².